The topological polar surface area (TPSA) is 111 Å². The number of ether oxygens (including phenoxy) is 2. The van der Waals surface area contributed by atoms with Crippen molar-refractivity contribution >= 4 is 40.1 Å². The second-order valence-electron chi connectivity index (χ2n) is 5.59. The van der Waals surface area contributed by atoms with E-state index in [4.69, 9.17) is 4.74 Å². The third kappa shape index (κ3) is 4.37. The van der Waals surface area contributed by atoms with E-state index < -0.39 is 17.8 Å². The van der Waals surface area contributed by atoms with Gasteiger partial charge in [-0.1, -0.05) is 6.07 Å². The third-order valence-corrected chi connectivity index (χ3v) is 5.04. The van der Waals surface area contributed by atoms with E-state index in [-0.39, 0.29) is 34.2 Å². The number of anilines is 1. The summed E-state index contributed by atoms with van der Waals surface area (Å²) in [5.74, 6) is -2.12. The molecule has 0 aliphatic heterocycles. The average Bonchev–Trinajstić information content (AvgIpc) is 3.02. The molecule has 0 saturated carbocycles. The fraction of sp³-hybridized carbons (Fsp3) is 0.263. The fourth-order valence-electron chi connectivity index (χ4n) is 2.46. The molecule has 0 spiro atoms. The minimum Gasteiger partial charge on any atom is -0.465 e. The molecule has 2 rings (SSSR count). The summed E-state index contributed by atoms with van der Waals surface area (Å²) >= 11 is 0.975. The minimum atomic E-state index is -0.634. The second-order valence-corrected chi connectivity index (χ2v) is 6.61. The summed E-state index contributed by atoms with van der Waals surface area (Å²) in [7, 11) is 2.72. The SMILES string of the molecule is CCOC(=O)c1c(NC(=O)c2cccc(C(=O)OC)c2)sc(C(=O)NC)c1C. The second kappa shape index (κ2) is 9.14. The summed E-state index contributed by atoms with van der Waals surface area (Å²) in [5.41, 5.74) is 0.962. The maximum absolute atomic E-state index is 12.7. The van der Waals surface area contributed by atoms with Crippen LogP contribution in [0.3, 0.4) is 0 Å². The molecule has 1 heterocycles. The van der Waals surface area contributed by atoms with Gasteiger partial charge >= 0.3 is 11.9 Å². The van der Waals surface area contributed by atoms with Gasteiger partial charge in [0.05, 0.1) is 29.7 Å². The normalized spacial score (nSPS) is 10.1. The number of thiophene rings is 1. The number of hydrogen-bond acceptors (Lipinski definition) is 7. The van der Waals surface area contributed by atoms with Gasteiger partial charge in [-0.3, -0.25) is 9.59 Å². The van der Waals surface area contributed by atoms with Crippen molar-refractivity contribution in [3.8, 4) is 0 Å². The van der Waals surface area contributed by atoms with Crippen molar-refractivity contribution in [1.82, 2.24) is 5.32 Å². The molecule has 2 amide bonds. The zero-order chi connectivity index (χ0) is 20.8. The van der Waals surface area contributed by atoms with Crippen molar-refractivity contribution < 1.29 is 28.7 Å². The highest BCUT2D eigenvalue weighted by molar-refractivity contribution is 7.18. The van der Waals surface area contributed by atoms with E-state index in [9.17, 15) is 19.2 Å². The Kier molecular flexibility index (Phi) is 6.89. The Morgan fingerprint density at radius 2 is 1.75 bits per heavy atom. The fourth-order valence-corrected chi connectivity index (χ4v) is 3.60. The summed E-state index contributed by atoms with van der Waals surface area (Å²) in [6.45, 7) is 3.43. The minimum absolute atomic E-state index is 0.128. The van der Waals surface area contributed by atoms with Gasteiger partial charge in [0.2, 0.25) is 0 Å². The largest absolute Gasteiger partial charge is 0.465 e. The number of carbonyl (C=O) groups is 4. The van der Waals surface area contributed by atoms with Crippen LogP contribution in [0.4, 0.5) is 5.00 Å². The molecule has 0 radical (unpaired) electrons. The quantitative estimate of drug-likeness (QED) is 0.716. The molecule has 0 fully saturated rings. The molecule has 0 aliphatic carbocycles. The highest BCUT2D eigenvalue weighted by Gasteiger charge is 2.26. The molecule has 1 aromatic carbocycles. The van der Waals surface area contributed by atoms with Crippen LogP contribution in [-0.4, -0.2) is 44.5 Å². The number of esters is 2. The van der Waals surface area contributed by atoms with Gasteiger partial charge in [-0.05, 0) is 37.6 Å². The van der Waals surface area contributed by atoms with Crippen LogP contribution in [0.1, 0.15) is 53.2 Å². The lowest BCUT2D eigenvalue weighted by Gasteiger charge is -2.08. The molecule has 0 bridgehead atoms. The van der Waals surface area contributed by atoms with Crippen molar-refractivity contribution in [3.63, 3.8) is 0 Å². The molecule has 9 heteroatoms. The van der Waals surface area contributed by atoms with Gasteiger partial charge in [0, 0.05) is 12.6 Å². The zero-order valence-electron chi connectivity index (χ0n) is 15.9. The van der Waals surface area contributed by atoms with Crippen molar-refractivity contribution in [1.29, 1.82) is 0 Å². The van der Waals surface area contributed by atoms with Crippen LogP contribution in [-0.2, 0) is 9.47 Å². The molecule has 0 aliphatic rings. The van der Waals surface area contributed by atoms with Crippen molar-refractivity contribution in [2.75, 3.05) is 26.1 Å². The monoisotopic (exact) mass is 404 g/mol. The summed E-state index contributed by atoms with van der Waals surface area (Å²) in [6, 6.07) is 5.96. The van der Waals surface area contributed by atoms with Crippen LogP contribution in [0, 0.1) is 6.92 Å². The predicted octanol–water partition coefficient (Wildman–Crippen LogP) is 2.63. The van der Waals surface area contributed by atoms with Crippen LogP contribution >= 0.6 is 11.3 Å². The maximum Gasteiger partial charge on any atom is 0.341 e. The average molecular weight is 404 g/mol. The van der Waals surface area contributed by atoms with E-state index >= 15 is 0 Å². The number of methoxy groups -OCH3 is 1. The first kappa shape index (κ1) is 21.1. The third-order valence-electron chi connectivity index (χ3n) is 3.83. The Morgan fingerprint density at radius 1 is 1.07 bits per heavy atom. The van der Waals surface area contributed by atoms with Gasteiger partial charge in [-0.15, -0.1) is 11.3 Å². The molecule has 2 aromatic rings. The number of hydrogen-bond donors (Lipinski definition) is 2. The number of benzene rings is 1. The number of amides is 2. The number of carbonyl (C=O) groups excluding carboxylic acids is 4. The lowest BCUT2D eigenvalue weighted by Crippen LogP contribution is -2.18. The highest BCUT2D eigenvalue weighted by Crippen LogP contribution is 2.34. The van der Waals surface area contributed by atoms with Crippen molar-refractivity contribution in [2.45, 2.75) is 13.8 Å². The van der Waals surface area contributed by atoms with Gasteiger partial charge in [0.1, 0.15) is 5.00 Å². The molecule has 28 heavy (non-hydrogen) atoms. The lowest BCUT2D eigenvalue weighted by molar-refractivity contribution is 0.0526. The first-order valence-corrected chi connectivity index (χ1v) is 9.17. The Bertz CT molecular complexity index is 935. The van der Waals surface area contributed by atoms with Gasteiger partial charge in [-0.25, -0.2) is 9.59 Å². The molecule has 0 saturated heterocycles. The smallest absolute Gasteiger partial charge is 0.341 e. The van der Waals surface area contributed by atoms with Crippen molar-refractivity contribution in [3.05, 3.63) is 51.4 Å². The van der Waals surface area contributed by atoms with Gasteiger partial charge in [0.15, 0.2) is 0 Å². The Balaban J connectivity index is 2.42. The van der Waals surface area contributed by atoms with E-state index in [2.05, 4.69) is 15.4 Å². The molecule has 2 N–H and O–H groups in total. The number of rotatable bonds is 6. The van der Waals surface area contributed by atoms with Crippen LogP contribution in [0.25, 0.3) is 0 Å². The Labute approximate surface area is 165 Å². The molecule has 148 valence electrons. The zero-order valence-corrected chi connectivity index (χ0v) is 16.7. The lowest BCUT2D eigenvalue weighted by atomic mass is 10.1. The maximum atomic E-state index is 12.7. The van der Waals surface area contributed by atoms with Gasteiger partial charge < -0.3 is 20.1 Å². The Hall–Kier alpha value is -3.20. The molecular weight excluding hydrogens is 384 g/mol. The van der Waals surface area contributed by atoms with E-state index in [1.165, 1.54) is 32.4 Å². The van der Waals surface area contributed by atoms with Gasteiger partial charge in [0.25, 0.3) is 11.8 Å². The van der Waals surface area contributed by atoms with E-state index in [0.717, 1.165) is 11.3 Å². The van der Waals surface area contributed by atoms with E-state index in [1.807, 2.05) is 0 Å². The van der Waals surface area contributed by atoms with Crippen LogP contribution in [0.5, 0.6) is 0 Å². The molecule has 0 unspecified atom stereocenters. The molecule has 1 aromatic heterocycles. The summed E-state index contributed by atoms with van der Waals surface area (Å²) in [5, 5.41) is 5.33. The van der Waals surface area contributed by atoms with Crippen LogP contribution in [0.15, 0.2) is 24.3 Å². The highest BCUT2D eigenvalue weighted by atomic mass is 32.1. The van der Waals surface area contributed by atoms with Crippen LogP contribution in [0.2, 0.25) is 0 Å². The number of nitrogens with one attached hydrogen (secondary N) is 2. The van der Waals surface area contributed by atoms with Crippen molar-refractivity contribution in [2.24, 2.45) is 0 Å². The Morgan fingerprint density at radius 3 is 2.36 bits per heavy atom. The summed E-state index contributed by atoms with van der Waals surface area (Å²) in [6.07, 6.45) is 0. The van der Waals surface area contributed by atoms with Crippen LogP contribution < -0.4 is 10.6 Å². The first-order valence-electron chi connectivity index (χ1n) is 8.36. The van der Waals surface area contributed by atoms with E-state index in [0.29, 0.717) is 10.4 Å². The molecular formula is C19H20N2O6S. The predicted molar refractivity (Wildman–Crippen MR) is 104 cm³/mol. The summed E-state index contributed by atoms with van der Waals surface area (Å²) < 4.78 is 9.70. The summed E-state index contributed by atoms with van der Waals surface area (Å²) in [4.78, 5) is 49.0. The standard InChI is InChI=1S/C19H20N2O6S/c1-5-27-19(25)13-10(2)14(16(23)20-3)28-17(13)21-15(22)11-7-6-8-12(9-11)18(24)26-4/h6-9H,5H2,1-4H3,(H,20,23)(H,21,22). The molecule has 0 atom stereocenters. The first-order chi connectivity index (χ1) is 13.3. The molecule has 8 nitrogen and oxygen atoms in total. The van der Waals surface area contributed by atoms with Gasteiger partial charge in [-0.2, -0.15) is 0 Å². The van der Waals surface area contributed by atoms with E-state index in [1.54, 1.807) is 19.9 Å².